The molecule has 3 atom stereocenters. The number of aromatic hydroxyl groups is 1. The molecule has 0 aromatic heterocycles. The van der Waals surface area contributed by atoms with Crippen LogP contribution in [0.5, 0.6) is 5.75 Å². The lowest BCUT2D eigenvalue weighted by molar-refractivity contribution is -0.161. The zero-order chi connectivity index (χ0) is 24.7. The Morgan fingerprint density at radius 1 is 1.33 bits per heavy atom. The van der Waals surface area contributed by atoms with Gasteiger partial charge >= 0.3 is 0 Å². The summed E-state index contributed by atoms with van der Waals surface area (Å²) >= 11 is 11.9. The highest BCUT2D eigenvalue weighted by Gasteiger charge is 2.41. The van der Waals surface area contributed by atoms with Gasteiger partial charge in [0, 0.05) is 18.7 Å². The molecule has 186 valence electrons. The number of ether oxygens (including phenoxy) is 2. The molecule has 0 bridgehead atoms. The number of phenolic OH excluding ortho intramolecular Hbond substituents is 1. The number of phenols is 1. The topological polar surface area (TPSA) is 88.1 Å². The van der Waals surface area contributed by atoms with Gasteiger partial charge in [-0.2, -0.15) is 0 Å². The Labute approximate surface area is 206 Å². The molecule has 0 spiro atoms. The fraction of sp³-hybridized carbons (Fsp3) is 0.682. The molecule has 7 nitrogen and oxygen atoms in total. The SMILES string of the molecule is CC1(C)OC[C@H](C(=O)N2CCC(C(NS(=O)C(C)(C)C)c3cc(Cl)c(Cl)c(F)c3O)CC2)O1. The van der Waals surface area contributed by atoms with Gasteiger partial charge in [0.25, 0.3) is 5.91 Å². The van der Waals surface area contributed by atoms with Crippen molar-refractivity contribution in [2.45, 2.75) is 70.1 Å². The third kappa shape index (κ3) is 6.00. The second-order valence-electron chi connectivity index (χ2n) is 9.88. The lowest BCUT2D eigenvalue weighted by Crippen LogP contribution is -2.47. The maximum Gasteiger partial charge on any atom is 0.254 e. The molecular weight excluding hydrogens is 494 g/mol. The van der Waals surface area contributed by atoms with E-state index in [0.717, 1.165) is 0 Å². The van der Waals surface area contributed by atoms with E-state index in [2.05, 4.69) is 4.72 Å². The van der Waals surface area contributed by atoms with Crippen molar-refractivity contribution < 1.29 is 28.0 Å². The van der Waals surface area contributed by atoms with Gasteiger partial charge < -0.3 is 19.5 Å². The van der Waals surface area contributed by atoms with Crippen LogP contribution in [0, 0.1) is 11.7 Å². The highest BCUT2D eigenvalue weighted by atomic mass is 35.5. The number of halogens is 3. The lowest BCUT2D eigenvalue weighted by Gasteiger charge is -2.38. The summed E-state index contributed by atoms with van der Waals surface area (Å²) in [4.78, 5) is 14.6. The Morgan fingerprint density at radius 3 is 2.45 bits per heavy atom. The van der Waals surface area contributed by atoms with Gasteiger partial charge in [-0.05, 0) is 59.4 Å². The highest BCUT2D eigenvalue weighted by molar-refractivity contribution is 7.84. The van der Waals surface area contributed by atoms with Crippen LogP contribution in [0.15, 0.2) is 6.07 Å². The predicted molar refractivity (Wildman–Crippen MR) is 126 cm³/mol. The Kier molecular flexibility index (Phi) is 8.03. The Bertz CT molecular complexity index is 932. The average Bonchev–Trinajstić information content (AvgIpc) is 3.11. The van der Waals surface area contributed by atoms with Gasteiger partial charge in [0.15, 0.2) is 23.5 Å². The Hall–Kier alpha value is -0.970. The molecule has 1 aromatic carbocycles. The summed E-state index contributed by atoms with van der Waals surface area (Å²) in [6.45, 7) is 10.1. The van der Waals surface area contributed by atoms with Gasteiger partial charge in [-0.1, -0.05) is 23.2 Å². The van der Waals surface area contributed by atoms with Gasteiger partial charge in [0.05, 0.1) is 38.4 Å². The van der Waals surface area contributed by atoms with E-state index in [1.807, 2.05) is 20.8 Å². The van der Waals surface area contributed by atoms with Crippen molar-refractivity contribution in [3.8, 4) is 5.75 Å². The molecule has 0 aliphatic carbocycles. The summed E-state index contributed by atoms with van der Waals surface area (Å²) in [5.41, 5.74) is 0.193. The molecular formula is C22H31Cl2FN2O5S. The van der Waals surface area contributed by atoms with E-state index in [-0.39, 0.29) is 34.0 Å². The monoisotopic (exact) mass is 524 g/mol. The molecule has 2 fully saturated rings. The normalized spacial score (nSPS) is 23.5. The highest BCUT2D eigenvalue weighted by Crippen LogP contribution is 2.42. The number of hydrogen-bond donors (Lipinski definition) is 2. The molecule has 2 aliphatic rings. The molecule has 2 saturated heterocycles. The number of likely N-dealkylation sites (tertiary alicyclic amines) is 1. The van der Waals surface area contributed by atoms with Crippen molar-refractivity contribution in [2.75, 3.05) is 19.7 Å². The van der Waals surface area contributed by atoms with E-state index >= 15 is 0 Å². The molecule has 11 heteroatoms. The molecule has 1 aromatic rings. The van der Waals surface area contributed by atoms with Gasteiger partial charge in [0.2, 0.25) is 0 Å². The van der Waals surface area contributed by atoms with E-state index < -0.39 is 45.2 Å². The fourth-order valence-electron chi connectivity index (χ4n) is 4.01. The van der Waals surface area contributed by atoms with E-state index in [0.29, 0.717) is 25.9 Å². The summed E-state index contributed by atoms with van der Waals surface area (Å²) in [6, 6.07) is 0.750. The van der Waals surface area contributed by atoms with E-state index in [1.54, 1.807) is 18.7 Å². The Morgan fingerprint density at radius 2 is 1.94 bits per heavy atom. The van der Waals surface area contributed by atoms with Crippen molar-refractivity contribution in [1.29, 1.82) is 0 Å². The van der Waals surface area contributed by atoms with Crippen molar-refractivity contribution in [2.24, 2.45) is 5.92 Å². The van der Waals surface area contributed by atoms with Crippen LogP contribution in [0.2, 0.25) is 10.0 Å². The average molecular weight is 525 g/mol. The molecule has 33 heavy (non-hydrogen) atoms. The molecule has 2 aliphatic heterocycles. The zero-order valence-electron chi connectivity index (χ0n) is 19.4. The molecule has 1 amide bonds. The van der Waals surface area contributed by atoms with Crippen molar-refractivity contribution in [1.82, 2.24) is 9.62 Å². The summed E-state index contributed by atoms with van der Waals surface area (Å²) in [6.07, 6.45) is 0.443. The fourth-order valence-corrected chi connectivity index (χ4v) is 5.26. The standard InChI is InChI=1S/C22H31Cl2FN2O5S/c1-21(2,3)33(30)26-18(13-10-14(23)16(24)17(25)19(13)28)12-6-8-27(9-7-12)20(29)15-11-31-22(4,5)32-15/h10,12,15,18,26,28H,6-9,11H2,1-5H3/t15-,18?,33?/m1/s1. The maximum atomic E-state index is 14.5. The van der Waals surface area contributed by atoms with Crippen LogP contribution in [0.1, 0.15) is 59.1 Å². The first-order valence-corrected chi connectivity index (χ1v) is 12.8. The lowest BCUT2D eigenvalue weighted by atomic mass is 9.85. The van der Waals surface area contributed by atoms with Gasteiger partial charge in [-0.3, -0.25) is 4.79 Å². The summed E-state index contributed by atoms with van der Waals surface area (Å²) in [5.74, 6) is -2.70. The predicted octanol–water partition coefficient (Wildman–Crippen LogP) is 4.32. The van der Waals surface area contributed by atoms with Crippen LogP contribution in [0.3, 0.4) is 0 Å². The minimum Gasteiger partial charge on any atom is -0.505 e. The number of nitrogens with one attached hydrogen (secondary N) is 1. The molecule has 2 N–H and O–H groups in total. The molecule has 0 radical (unpaired) electrons. The van der Waals surface area contributed by atoms with Crippen LogP contribution in [0.4, 0.5) is 4.39 Å². The number of benzene rings is 1. The van der Waals surface area contributed by atoms with Gasteiger partial charge in [-0.15, -0.1) is 0 Å². The summed E-state index contributed by atoms with van der Waals surface area (Å²) in [7, 11) is -1.50. The third-order valence-electron chi connectivity index (χ3n) is 5.90. The second kappa shape index (κ2) is 9.95. The summed E-state index contributed by atoms with van der Waals surface area (Å²) in [5, 5.41) is 10.1. The quantitative estimate of drug-likeness (QED) is 0.560. The number of rotatable bonds is 5. The molecule has 2 unspecified atom stereocenters. The van der Waals surface area contributed by atoms with E-state index in [4.69, 9.17) is 32.7 Å². The van der Waals surface area contributed by atoms with Gasteiger partial charge in [-0.25, -0.2) is 13.3 Å². The minimum atomic E-state index is -1.50. The third-order valence-corrected chi connectivity index (χ3v) is 8.24. The zero-order valence-corrected chi connectivity index (χ0v) is 21.7. The number of carbonyl (C=O) groups is 1. The van der Waals surface area contributed by atoms with E-state index in [1.165, 1.54) is 6.07 Å². The van der Waals surface area contributed by atoms with Crippen LogP contribution >= 0.6 is 23.2 Å². The number of amides is 1. The summed E-state index contributed by atoms with van der Waals surface area (Å²) < 4.78 is 41.1. The van der Waals surface area contributed by atoms with Crippen LogP contribution in [0.25, 0.3) is 0 Å². The number of carbonyl (C=O) groups excluding carboxylic acids is 1. The van der Waals surface area contributed by atoms with E-state index in [9.17, 15) is 18.5 Å². The Balaban J connectivity index is 1.80. The number of hydrogen-bond acceptors (Lipinski definition) is 5. The van der Waals surface area contributed by atoms with Crippen LogP contribution in [-0.4, -0.2) is 56.5 Å². The van der Waals surface area contributed by atoms with Crippen molar-refractivity contribution in [3.63, 3.8) is 0 Å². The first-order valence-electron chi connectivity index (χ1n) is 10.9. The first kappa shape index (κ1) is 26.6. The molecule has 0 saturated carbocycles. The number of nitrogens with zero attached hydrogens (tertiary/aromatic N) is 1. The maximum absolute atomic E-state index is 14.5. The van der Waals surface area contributed by atoms with Crippen LogP contribution in [-0.2, 0) is 25.3 Å². The van der Waals surface area contributed by atoms with Crippen molar-refractivity contribution in [3.05, 3.63) is 27.5 Å². The second-order valence-corrected chi connectivity index (χ2v) is 12.7. The first-order chi connectivity index (χ1) is 15.2. The van der Waals surface area contributed by atoms with Crippen LogP contribution < -0.4 is 4.72 Å². The minimum absolute atomic E-state index is 0.0380. The van der Waals surface area contributed by atoms with Crippen molar-refractivity contribution >= 4 is 40.1 Å². The smallest absolute Gasteiger partial charge is 0.254 e. The number of piperidine rings is 1. The molecule has 2 heterocycles. The molecule has 3 rings (SSSR count). The largest absolute Gasteiger partial charge is 0.505 e. The van der Waals surface area contributed by atoms with Gasteiger partial charge in [0.1, 0.15) is 0 Å².